The third-order valence-electron chi connectivity index (χ3n) is 2.24. The van der Waals surface area contributed by atoms with Gasteiger partial charge in [-0.25, -0.2) is 0 Å². The molecular weight excluding hydrogens is 238 g/mol. The van der Waals surface area contributed by atoms with E-state index in [1.54, 1.807) is 4.90 Å². The van der Waals surface area contributed by atoms with Crippen molar-refractivity contribution in [2.24, 2.45) is 0 Å². The summed E-state index contributed by atoms with van der Waals surface area (Å²) < 4.78 is 10.5. The zero-order valence-corrected chi connectivity index (χ0v) is 10.8. The molecule has 0 spiro atoms. The Morgan fingerprint density at radius 2 is 1.83 bits per heavy atom. The van der Waals surface area contributed by atoms with Gasteiger partial charge in [-0.15, -0.1) is 10.2 Å². The molecule has 18 heavy (non-hydrogen) atoms. The molecule has 1 aromatic heterocycles. The van der Waals surface area contributed by atoms with Crippen LogP contribution in [-0.4, -0.2) is 70.9 Å². The summed E-state index contributed by atoms with van der Waals surface area (Å²) in [6, 6.07) is 0. The molecule has 1 N–H and O–H groups in total. The van der Waals surface area contributed by atoms with E-state index >= 15 is 0 Å². The Hall–Kier alpha value is -1.54. The Bertz CT molecular complexity index is 320. The molecule has 0 atom stereocenters. The van der Waals surface area contributed by atoms with E-state index < -0.39 is 0 Å². The number of aromatic amines is 1. The maximum atomic E-state index is 12.0. The summed E-state index contributed by atoms with van der Waals surface area (Å²) in [4.78, 5) is 13.6. The Labute approximate surface area is 106 Å². The second-order valence-electron chi connectivity index (χ2n) is 3.42. The lowest BCUT2D eigenvalue weighted by molar-refractivity contribution is 0.0540. The first-order valence-electron chi connectivity index (χ1n) is 5.97. The number of hydrogen-bond acceptors (Lipinski definition) is 6. The molecule has 1 heterocycles. The lowest BCUT2D eigenvalue weighted by atomic mass is 10.4. The van der Waals surface area contributed by atoms with Crippen molar-refractivity contribution in [3.63, 3.8) is 0 Å². The van der Waals surface area contributed by atoms with Crippen molar-refractivity contribution in [2.45, 2.75) is 13.8 Å². The number of rotatable bonds is 9. The number of tetrazole rings is 1. The number of ether oxygens (including phenoxy) is 2. The van der Waals surface area contributed by atoms with Crippen molar-refractivity contribution in [1.82, 2.24) is 25.5 Å². The van der Waals surface area contributed by atoms with E-state index in [1.165, 1.54) is 0 Å². The standard InChI is InChI=1S/C10H19N5O3/c1-3-17-7-5-15(6-8-18-4-2)10(16)9-11-13-14-12-9/h3-8H2,1-2H3,(H,11,12,13,14). The number of carbonyl (C=O) groups excluding carboxylic acids is 1. The Balaban J connectivity index is 2.49. The highest BCUT2D eigenvalue weighted by molar-refractivity contribution is 5.90. The van der Waals surface area contributed by atoms with Crippen LogP contribution in [0.15, 0.2) is 0 Å². The average Bonchev–Trinajstić information content (AvgIpc) is 2.90. The van der Waals surface area contributed by atoms with Crippen LogP contribution in [0.4, 0.5) is 0 Å². The molecule has 8 nitrogen and oxygen atoms in total. The number of hydrogen-bond donors (Lipinski definition) is 1. The zero-order chi connectivity index (χ0) is 13.2. The van der Waals surface area contributed by atoms with Crippen LogP contribution in [0.25, 0.3) is 0 Å². The van der Waals surface area contributed by atoms with Gasteiger partial charge in [0.15, 0.2) is 0 Å². The van der Waals surface area contributed by atoms with Gasteiger partial charge >= 0.3 is 0 Å². The fourth-order valence-corrected chi connectivity index (χ4v) is 1.35. The number of aromatic nitrogens is 4. The molecule has 1 rings (SSSR count). The molecule has 0 aromatic carbocycles. The number of carbonyl (C=O) groups is 1. The van der Waals surface area contributed by atoms with Crippen LogP contribution in [0.5, 0.6) is 0 Å². The van der Waals surface area contributed by atoms with Gasteiger partial charge in [-0.1, -0.05) is 0 Å². The molecule has 0 unspecified atom stereocenters. The molecule has 0 aliphatic carbocycles. The van der Waals surface area contributed by atoms with Crippen LogP contribution in [0.2, 0.25) is 0 Å². The first kappa shape index (κ1) is 14.5. The second-order valence-corrected chi connectivity index (χ2v) is 3.42. The molecule has 8 heteroatoms. The lowest BCUT2D eigenvalue weighted by Crippen LogP contribution is -2.37. The highest BCUT2D eigenvalue weighted by atomic mass is 16.5. The molecule has 0 aliphatic heterocycles. The van der Waals surface area contributed by atoms with Crippen molar-refractivity contribution in [3.8, 4) is 0 Å². The van der Waals surface area contributed by atoms with E-state index in [2.05, 4.69) is 20.6 Å². The number of nitrogens with one attached hydrogen (secondary N) is 1. The first-order chi connectivity index (χ1) is 8.79. The largest absolute Gasteiger partial charge is 0.380 e. The third-order valence-corrected chi connectivity index (χ3v) is 2.24. The number of H-pyrrole nitrogens is 1. The monoisotopic (exact) mass is 257 g/mol. The summed E-state index contributed by atoms with van der Waals surface area (Å²) >= 11 is 0. The molecule has 0 radical (unpaired) electrons. The molecule has 1 aromatic rings. The van der Waals surface area contributed by atoms with Gasteiger partial charge in [-0.05, 0) is 19.1 Å². The van der Waals surface area contributed by atoms with E-state index in [9.17, 15) is 4.79 Å². The van der Waals surface area contributed by atoms with Crippen LogP contribution >= 0.6 is 0 Å². The minimum atomic E-state index is -0.275. The van der Waals surface area contributed by atoms with Gasteiger partial charge in [-0.3, -0.25) is 4.79 Å². The molecule has 0 aliphatic rings. The molecule has 0 saturated carbocycles. The minimum Gasteiger partial charge on any atom is -0.380 e. The van der Waals surface area contributed by atoms with Gasteiger partial charge in [-0.2, -0.15) is 5.21 Å². The van der Waals surface area contributed by atoms with Crippen molar-refractivity contribution in [3.05, 3.63) is 5.82 Å². The fourth-order valence-electron chi connectivity index (χ4n) is 1.35. The molecule has 0 fully saturated rings. The number of nitrogens with zero attached hydrogens (tertiary/aromatic N) is 4. The van der Waals surface area contributed by atoms with E-state index in [0.717, 1.165) is 0 Å². The van der Waals surface area contributed by atoms with Crippen LogP contribution in [0.1, 0.15) is 24.5 Å². The van der Waals surface area contributed by atoms with Gasteiger partial charge in [0.05, 0.1) is 13.2 Å². The fraction of sp³-hybridized carbons (Fsp3) is 0.800. The van der Waals surface area contributed by atoms with Crippen LogP contribution < -0.4 is 0 Å². The Morgan fingerprint density at radius 1 is 1.22 bits per heavy atom. The second kappa shape index (κ2) is 8.54. The van der Waals surface area contributed by atoms with Crippen molar-refractivity contribution < 1.29 is 14.3 Å². The normalized spacial score (nSPS) is 10.6. The van der Waals surface area contributed by atoms with Gasteiger partial charge in [0, 0.05) is 26.3 Å². The van der Waals surface area contributed by atoms with Gasteiger partial charge in [0.1, 0.15) is 0 Å². The van der Waals surface area contributed by atoms with E-state index in [0.29, 0.717) is 39.5 Å². The molecular formula is C10H19N5O3. The summed E-state index contributed by atoms with van der Waals surface area (Å²) in [5, 5.41) is 13.0. The topological polar surface area (TPSA) is 93.2 Å². The molecule has 0 saturated heterocycles. The average molecular weight is 257 g/mol. The zero-order valence-electron chi connectivity index (χ0n) is 10.8. The van der Waals surface area contributed by atoms with Gasteiger partial charge in [0.2, 0.25) is 0 Å². The highest BCUT2D eigenvalue weighted by Gasteiger charge is 2.19. The number of amides is 1. The summed E-state index contributed by atoms with van der Waals surface area (Å²) in [5.41, 5.74) is 0. The summed E-state index contributed by atoms with van der Waals surface area (Å²) in [5.74, 6) is -0.217. The molecule has 1 amide bonds. The summed E-state index contributed by atoms with van der Waals surface area (Å²) in [6.07, 6.45) is 0. The summed E-state index contributed by atoms with van der Waals surface area (Å²) in [6.45, 7) is 6.98. The highest BCUT2D eigenvalue weighted by Crippen LogP contribution is 1.98. The third kappa shape index (κ3) is 4.76. The van der Waals surface area contributed by atoms with E-state index in [-0.39, 0.29) is 11.7 Å². The van der Waals surface area contributed by atoms with Gasteiger partial charge < -0.3 is 14.4 Å². The predicted octanol–water partition coefficient (Wildman–Crippen LogP) is -0.285. The van der Waals surface area contributed by atoms with Crippen molar-refractivity contribution in [1.29, 1.82) is 0 Å². The lowest BCUT2D eigenvalue weighted by Gasteiger charge is -2.20. The SMILES string of the molecule is CCOCCN(CCOCC)C(=O)c1nn[nH]n1. The quantitative estimate of drug-likeness (QED) is 0.611. The Morgan fingerprint density at radius 3 is 2.28 bits per heavy atom. The van der Waals surface area contributed by atoms with Crippen molar-refractivity contribution in [2.75, 3.05) is 39.5 Å². The predicted molar refractivity (Wildman–Crippen MR) is 63.1 cm³/mol. The van der Waals surface area contributed by atoms with Gasteiger partial charge in [0.25, 0.3) is 11.7 Å². The smallest absolute Gasteiger partial charge is 0.295 e. The summed E-state index contributed by atoms with van der Waals surface area (Å²) in [7, 11) is 0. The maximum Gasteiger partial charge on any atom is 0.295 e. The molecule has 102 valence electrons. The molecule has 0 bridgehead atoms. The maximum absolute atomic E-state index is 12.0. The minimum absolute atomic E-state index is 0.0583. The van der Waals surface area contributed by atoms with Crippen LogP contribution in [0, 0.1) is 0 Å². The van der Waals surface area contributed by atoms with Crippen LogP contribution in [-0.2, 0) is 9.47 Å². The van der Waals surface area contributed by atoms with Crippen molar-refractivity contribution >= 4 is 5.91 Å². The Kier molecular flexibility index (Phi) is 6.89. The first-order valence-corrected chi connectivity index (χ1v) is 5.97. The van der Waals surface area contributed by atoms with E-state index in [4.69, 9.17) is 9.47 Å². The van der Waals surface area contributed by atoms with E-state index in [1.807, 2.05) is 13.8 Å². The van der Waals surface area contributed by atoms with Crippen LogP contribution in [0.3, 0.4) is 0 Å².